The molecule has 6 heteroatoms. The van der Waals surface area contributed by atoms with Gasteiger partial charge in [-0.25, -0.2) is 4.79 Å². The maximum absolute atomic E-state index is 11.4. The van der Waals surface area contributed by atoms with E-state index >= 15 is 0 Å². The van der Waals surface area contributed by atoms with Crippen LogP contribution in [0.15, 0.2) is 6.20 Å². The van der Waals surface area contributed by atoms with E-state index in [0.717, 1.165) is 4.68 Å². The molecule has 1 aromatic heterocycles. The summed E-state index contributed by atoms with van der Waals surface area (Å²) >= 11 is 0. The van der Waals surface area contributed by atoms with Crippen LogP contribution in [0.5, 0.6) is 0 Å². The summed E-state index contributed by atoms with van der Waals surface area (Å²) in [4.78, 5) is 21.9. The second kappa shape index (κ2) is 3.72. The number of nitrogens with two attached hydrogens (primary N) is 1. The third kappa shape index (κ3) is 2.80. The third-order valence-electron chi connectivity index (χ3n) is 1.46. The molecule has 0 aliphatic rings. The zero-order chi connectivity index (χ0) is 11.6. The summed E-state index contributed by atoms with van der Waals surface area (Å²) in [5.41, 5.74) is 5.00. The highest BCUT2D eigenvalue weighted by molar-refractivity contribution is 5.82. The number of rotatable bonds is 1. The molecule has 0 aliphatic heterocycles. The van der Waals surface area contributed by atoms with Crippen molar-refractivity contribution >= 4 is 18.1 Å². The zero-order valence-electron chi connectivity index (χ0n) is 8.85. The highest BCUT2D eigenvalue weighted by Gasteiger charge is 2.19. The van der Waals surface area contributed by atoms with E-state index in [9.17, 15) is 9.59 Å². The molecular weight excluding hydrogens is 198 g/mol. The minimum atomic E-state index is -0.665. The number of carbonyl (C=O) groups is 2. The first-order valence-corrected chi connectivity index (χ1v) is 4.37. The molecule has 6 nitrogen and oxygen atoms in total. The quantitative estimate of drug-likeness (QED) is 0.702. The van der Waals surface area contributed by atoms with Gasteiger partial charge in [0.05, 0.1) is 11.9 Å². The third-order valence-corrected chi connectivity index (χ3v) is 1.46. The van der Waals surface area contributed by atoms with Crippen LogP contribution in [0.3, 0.4) is 0 Å². The highest BCUT2D eigenvalue weighted by atomic mass is 16.6. The molecule has 0 saturated heterocycles. The van der Waals surface area contributed by atoms with Crippen LogP contribution in [-0.4, -0.2) is 27.8 Å². The van der Waals surface area contributed by atoms with Crippen LogP contribution in [0, 0.1) is 0 Å². The Labute approximate surface area is 87.0 Å². The van der Waals surface area contributed by atoms with Gasteiger partial charge >= 0.3 is 6.09 Å². The van der Waals surface area contributed by atoms with Crippen molar-refractivity contribution in [2.75, 3.05) is 5.73 Å². The van der Waals surface area contributed by atoms with Gasteiger partial charge in [0.25, 0.3) is 0 Å². The molecule has 0 atom stereocenters. The molecule has 0 fully saturated rings. The van der Waals surface area contributed by atoms with Crippen molar-refractivity contribution in [2.45, 2.75) is 26.4 Å². The summed E-state index contributed by atoms with van der Waals surface area (Å²) in [5, 5.41) is 3.66. The fraction of sp³-hybridized carbons (Fsp3) is 0.444. The van der Waals surface area contributed by atoms with E-state index < -0.39 is 11.7 Å². The highest BCUT2D eigenvalue weighted by Crippen LogP contribution is 2.11. The van der Waals surface area contributed by atoms with Gasteiger partial charge < -0.3 is 10.5 Å². The monoisotopic (exact) mass is 211 g/mol. The molecule has 1 aromatic rings. The van der Waals surface area contributed by atoms with Crippen LogP contribution in [0.1, 0.15) is 31.3 Å². The predicted octanol–water partition coefficient (Wildman–Crippen LogP) is 1.06. The lowest BCUT2D eigenvalue weighted by molar-refractivity contribution is 0.0514. The van der Waals surface area contributed by atoms with E-state index in [4.69, 9.17) is 10.5 Å². The smallest absolute Gasteiger partial charge is 0.435 e. The van der Waals surface area contributed by atoms with Crippen LogP contribution in [0.25, 0.3) is 0 Å². The van der Waals surface area contributed by atoms with Crippen molar-refractivity contribution in [2.24, 2.45) is 0 Å². The van der Waals surface area contributed by atoms with Crippen LogP contribution in [0.2, 0.25) is 0 Å². The Morgan fingerprint density at radius 1 is 1.60 bits per heavy atom. The van der Waals surface area contributed by atoms with E-state index in [1.807, 2.05) is 0 Å². The molecule has 0 aliphatic carbocycles. The minimum Gasteiger partial charge on any atom is -0.442 e. The topological polar surface area (TPSA) is 87.2 Å². The molecule has 1 rings (SSSR count). The Kier molecular flexibility index (Phi) is 2.78. The second-order valence-corrected chi connectivity index (χ2v) is 4.01. The fourth-order valence-electron chi connectivity index (χ4n) is 0.894. The van der Waals surface area contributed by atoms with Gasteiger partial charge in [0.1, 0.15) is 11.3 Å². The molecule has 0 unspecified atom stereocenters. The number of aromatic nitrogens is 2. The Hall–Kier alpha value is -1.85. The van der Waals surface area contributed by atoms with Crippen molar-refractivity contribution in [3.8, 4) is 0 Å². The summed E-state index contributed by atoms with van der Waals surface area (Å²) in [6.07, 6.45) is 1.07. The Bertz CT molecular complexity index is 390. The lowest BCUT2D eigenvalue weighted by Gasteiger charge is -2.18. The Balaban J connectivity index is 2.88. The molecule has 15 heavy (non-hydrogen) atoms. The van der Waals surface area contributed by atoms with Gasteiger partial charge in [-0.1, -0.05) is 0 Å². The number of hydrogen-bond acceptors (Lipinski definition) is 5. The van der Waals surface area contributed by atoms with Crippen LogP contribution >= 0.6 is 0 Å². The average molecular weight is 211 g/mol. The first-order chi connectivity index (χ1) is 6.83. The Morgan fingerprint density at radius 2 is 2.20 bits per heavy atom. The molecule has 0 aromatic carbocycles. The number of hydrogen-bond donors (Lipinski definition) is 1. The summed E-state index contributed by atoms with van der Waals surface area (Å²) in [7, 11) is 0. The summed E-state index contributed by atoms with van der Waals surface area (Å²) < 4.78 is 5.93. The summed E-state index contributed by atoms with van der Waals surface area (Å²) in [5.74, 6) is 0. The maximum atomic E-state index is 11.4. The van der Waals surface area contributed by atoms with Gasteiger partial charge in [-0.15, -0.1) is 0 Å². The van der Waals surface area contributed by atoms with E-state index in [1.54, 1.807) is 20.8 Å². The first kappa shape index (κ1) is 11.2. The van der Waals surface area contributed by atoms with E-state index in [1.165, 1.54) is 6.20 Å². The first-order valence-electron chi connectivity index (χ1n) is 4.37. The van der Waals surface area contributed by atoms with Crippen molar-refractivity contribution in [1.82, 2.24) is 9.78 Å². The van der Waals surface area contributed by atoms with Gasteiger partial charge in [-0.3, -0.25) is 4.79 Å². The van der Waals surface area contributed by atoms with E-state index in [-0.39, 0.29) is 11.4 Å². The van der Waals surface area contributed by atoms with Crippen molar-refractivity contribution < 1.29 is 14.3 Å². The minimum absolute atomic E-state index is 0.0286. The fourth-order valence-corrected chi connectivity index (χ4v) is 0.894. The predicted molar refractivity (Wildman–Crippen MR) is 53.7 cm³/mol. The van der Waals surface area contributed by atoms with Gasteiger partial charge in [0.15, 0.2) is 6.29 Å². The van der Waals surface area contributed by atoms with Crippen LogP contribution in [0.4, 0.5) is 10.5 Å². The molecule has 0 saturated carbocycles. The number of nitrogen functional groups attached to an aromatic ring is 1. The molecule has 82 valence electrons. The lowest BCUT2D eigenvalue weighted by atomic mass is 10.2. The largest absolute Gasteiger partial charge is 0.442 e. The van der Waals surface area contributed by atoms with Crippen LogP contribution in [-0.2, 0) is 4.74 Å². The Morgan fingerprint density at radius 3 is 2.60 bits per heavy atom. The number of carbonyl (C=O) groups excluding carboxylic acids is 2. The lowest BCUT2D eigenvalue weighted by Crippen LogP contribution is -2.27. The van der Waals surface area contributed by atoms with E-state index in [0.29, 0.717) is 6.29 Å². The maximum Gasteiger partial charge on any atom is 0.435 e. The molecular formula is C9H13N3O3. The normalized spacial score (nSPS) is 11.1. The molecule has 0 bridgehead atoms. The van der Waals surface area contributed by atoms with Gasteiger partial charge in [-0.2, -0.15) is 9.78 Å². The number of anilines is 1. The van der Waals surface area contributed by atoms with Crippen molar-refractivity contribution in [3.05, 3.63) is 11.9 Å². The molecule has 2 N–H and O–H groups in total. The average Bonchev–Trinajstić information content (AvgIpc) is 2.43. The van der Waals surface area contributed by atoms with Gasteiger partial charge in [0, 0.05) is 0 Å². The van der Waals surface area contributed by atoms with Gasteiger partial charge in [0.2, 0.25) is 0 Å². The van der Waals surface area contributed by atoms with Gasteiger partial charge in [-0.05, 0) is 20.8 Å². The van der Waals surface area contributed by atoms with E-state index in [2.05, 4.69) is 5.10 Å². The second-order valence-electron chi connectivity index (χ2n) is 4.01. The molecule has 0 spiro atoms. The number of aldehydes is 1. The van der Waals surface area contributed by atoms with Crippen molar-refractivity contribution in [1.29, 1.82) is 0 Å². The molecule has 1 heterocycles. The summed E-state index contributed by atoms with van der Waals surface area (Å²) in [6.45, 7) is 5.20. The number of nitrogens with zero attached hydrogens (tertiary/aromatic N) is 2. The molecule has 0 radical (unpaired) electrons. The zero-order valence-corrected chi connectivity index (χ0v) is 8.85. The SMILES string of the molecule is CC(C)(C)OC(=O)n1cc(N)c(C=O)n1. The summed E-state index contributed by atoms with van der Waals surface area (Å²) in [6, 6.07) is 0. The molecule has 0 amide bonds. The van der Waals surface area contributed by atoms with Crippen molar-refractivity contribution in [3.63, 3.8) is 0 Å². The van der Waals surface area contributed by atoms with Crippen LogP contribution < -0.4 is 5.73 Å². The standard InChI is InChI=1S/C9H13N3O3/c1-9(2,3)15-8(14)12-4-6(10)7(5-13)11-12/h4-5H,10H2,1-3H3. The number of ether oxygens (including phenoxy) is 1.